The van der Waals surface area contributed by atoms with Crippen LogP contribution >= 0.6 is 0 Å². The average Bonchev–Trinajstić information content (AvgIpc) is 2.80. The molecule has 9 heteroatoms. The van der Waals surface area contributed by atoms with Gasteiger partial charge < -0.3 is 10.1 Å². The quantitative estimate of drug-likeness (QED) is 0.698. The molecule has 2 aliphatic heterocycles. The van der Waals surface area contributed by atoms with Gasteiger partial charge in [0.1, 0.15) is 0 Å². The third-order valence-corrected chi connectivity index (χ3v) is 7.99. The van der Waals surface area contributed by atoms with E-state index in [-0.39, 0.29) is 18.1 Å². The number of carbonyl (C=O) groups is 1. The average molecular weight is 473 g/mol. The SMILES string of the molecule is CC1CN(S(=O)(=O)N2CCN(Cc3ccc(C(=O)Nc4ccccc4)cc3)CC2)CC(C)O1. The van der Waals surface area contributed by atoms with Crippen molar-refractivity contribution in [1.29, 1.82) is 0 Å². The van der Waals surface area contributed by atoms with Crippen molar-refractivity contribution < 1.29 is 17.9 Å². The Kier molecular flexibility index (Phi) is 7.45. The van der Waals surface area contributed by atoms with Gasteiger partial charge in [-0.3, -0.25) is 9.69 Å². The molecule has 2 heterocycles. The summed E-state index contributed by atoms with van der Waals surface area (Å²) in [6, 6.07) is 16.9. The lowest BCUT2D eigenvalue weighted by atomic mass is 10.1. The maximum Gasteiger partial charge on any atom is 0.282 e. The van der Waals surface area contributed by atoms with Gasteiger partial charge in [-0.05, 0) is 43.7 Å². The molecule has 4 rings (SSSR count). The number of hydrogen-bond acceptors (Lipinski definition) is 5. The molecule has 2 atom stereocenters. The molecule has 33 heavy (non-hydrogen) atoms. The van der Waals surface area contributed by atoms with Crippen LogP contribution in [0.2, 0.25) is 0 Å². The van der Waals surface area contributed by atoms with Crippen molar-refractivity contribution >= 4 is 21.8 Å². The summed E-state index contributed by atoms with van der Waals surface area (Å²) in [5, 5.41) is 2.89. The van der Waals surface area contributed by atoms with E-state index in [4.69, 9.17) is 4.74 Å². The van der Waals surface area contributed by atoms with Crippen molar-refractivity contribution in [3.8, 4) is 0 Å². The molecule has 0 saturated carbocycles. The molecule has 2 fully saturated rings. The number of nitrogens with zero attached hydrogens (tertiary/aromatic N) is 3. The van der Waals surface area contributed by atoms with Crippen LogP contribution in [0.5, 0.6) is 0 Å². The lowest BCUT2D eigenvalue weighted by Crippen LogP contribution is -2.57. The number of piperazine rings is 1. The van der Waals surface area contributed by atoms with Crippen molar-refractivity contribution in [2.75, 3.05) is 44.6 Å². The molecule has 0 aromatic heterocycles. The third-order valence-electron chi connectivity index (χ3n) is 6.02. The fourth-order valence-corrected chi connectivity index (χ4v) is 6.09. The van der Waals surface area contributed by atoms with Gasteiger partial charge in [0.25, 0.3) is 16.1 Å². The molecule has 178 valence electrons. The highest BCUT2D eigenvalue weighted by Crippen LogP contribution is 2.20. The molecule has 8 nitrogen and oxygen atoms in total. The molecule has 1 amide bonds. The molecular weight excluding hydrogens is 440 g/mol. The van der Waals surface area contributed by atoms with Crippen molar-refractivity contribution in [3.05, 3.63) is 65.7 Å². The van der Waals surface area contributed by atoms with Crippen molar-refractivity contribution in [1.82, 2.24) is 13.5 Å². The van der Waals surface area contributed by atoms with E-state index in [1.165, 1.54) is 0 Å². The number of benzene rings is 2. The van der Waals surface area contributed by atoms with Gasteiger partial charge in [-0.1, -0.05) is 30.3 Å². The Bertz CT molecular complexity index is 1030. The van der Waals surface area contributed by atoms with Crippen LogP contribution in [0.3, 0.4) is 0 Å². The summed E-state index contributed by atoms with van der Waals surface area (Å²) in [6.07, 6.45) is -0.190. The first-order chi connectivity index (χ1) is 15.8. The van der Waals surface area contributed by atoms with Crippen LogP contribution in [0.1, 0.15) is 29.8 Å². The lowest BCUT2D eigenvalue weighted by molar-refractivity contribution is -0.0457. The second kappa shape index (κ2) is 10.3. The Morgan fingerprint density at radius 2 is 1.52 bits per heavy atom. The number of rotatable bonds is 6. The molecule has 0 bridgehead atoms. The van der Waals surface area contributed by atoms with Crippen molar-refractivity contribution in [3.63, 3.8) is 0 Å². The molecule has 2 saturated heterocycles. The number of carbonyl (C=O) groups excluding carboxylic acids is 1. The molecule has 1 N–H and O–H groups in total. The second-order valence-electron chi connectivity index (χ2n) is 8.77. The third kappa shape index (κ3) is 5.99. The minimum atomic E-state index is -3.47. The highest BCUT2D eigenvalue weighted by Gasteiger charge is 2.36. The van der Waals surface area contributed by atoms with Gasteiger partial charge in [-0.25, -0.2) is 0 Å². The van der Waals surface area contributed by atoms with Gasteiger partial charge in [-0.15, -0.1) is 0 Å². The van der Waals surface area contributed by atoms with E-state index in [0.29, 0.717) is 44.8 Å². The predicted octanol–water partition coefficient (Wildman–Crippen LogP) is 2.41. The molecular formula is C24H32N4O4S. The Hall–Kier alpha value is -2.30. The second-order valence-corrected chi connectivity index (χ2v) is 10.7. The fraction of sp³-hybridized carbons (Fsp3) is 0.458. The first-order valence-electron chi connectivity index (χ1n) is 11.4. The van der Waals surface area contributed by atoms with Gasteiger partial charge in [0, 0.05) is 57.1 Å². The summed E-state index contributed by atoms with van der Waals surface area (Å²) in [5.41, 5.74) is 2.46. The Balaban J connectivity index is 1.29. The molecule has 2 unspecified atom stereocenters. The van der Waals surface area contributed by atoms with Gasteiger partial charge in [-0.2, -0.15) is 17.0 Å². The number of ether oxygens (including phenoxy) is 1. The van der Waals surface area contributed by atoms with E-state index >= 15 is 0 Å². The van der Waals surface area contributed by atoms with Gasteiger partial charge in [0.05, 0.1) is 12.2 Å². The maximum absolute atomic E-state index is 13.1. The van der Waals surface area contributed by atoms with Gasteiger partial charge >= 0.3 is 0 Å². The van der Waals surface area contributed by atoms with Crippen LogP contribution < -0.4 is 5.32 Å². The number of morpholine rings is 1. The highest BCUT2D eigenvalue weighted by atomic mass is 32.2. The Morgan fingerprint density at radius 1 is 0.909 bits per heavy atom. The standard InChI is InChI=1S/C24H32N4O4S/c1-19-16-28(17-20(2)32-19)33(30,31)27-14-12-26(13-15-27)18-21-8-10-22(11-9-21)24(29)25-23-6-4-3-5-7-23/h3-11,19-20H,12-18H2,1-2H3,(H,25,29). The largest absolute Gasteiger partial charge is 0.373 e. The lowest BCUT2D eigenvalue weighted by Gasteiger charge is -2.40. The Morgan fingerprint density at radius 3 is 2.12 bits per heavy atom. The zero-order valence-corrected chi connectivity index (χ0v) is 20.0. The van der Waals surface area contributed by atoms with E-state index in [1.807, 2.05) is 68.4 Å². The van der Waals surface area contributed by atoms with Gasteiger partial charge in [0.15, 0.2) is 0 Å². The first-order valence-corrected chi connectivity index (χ1v) is 12.8. The molecule has 0 radical (unpaired) electrons. The van der Waals surface area contributed by atoms with E-state index in [2.05, 4.69) is 10.2 Å². The summed E-state index contributed by atoms with van der Waals surface area (Å²) in [6.45, 7) is 7.63. The van der Waals surface area contributed by atoms with Crippen LogP contribution in [0.4, 0.5) is 5.69 Å². The molecule has 0 aliphatic carbocycles. The number of hydrogen-bond donors (Lipinski definition) is 1. The van der Waals surface area contributed by atoms with Crippen molar-refractivity contribution in [2.24, 2.45) is 0 Å². The summed E-state index contributed by atoms with van der Waals surface area (Å²) in [5.74, 6) is -0.140. The number of amides is 1. The Labute approximate surface area is 196 Å². The van der Waals surface area contributed by atoms with Crippen LogP contribution in [0.25, 0.3) is 0 Å². The molecule has 0 spiro atoms. The predicted molar refractivity (Wildman–Crippen MR) is 128 cm³/mol. The minimum Gasteiger partial charge on any atom is -0.373 e. The summed E-state index contributed by atoms with van der Waals surface area (Å²) >= 11 is 0. The normalized spacial score (nSPS) is 23.3. The minimum absolute atomic E-state index is 0.0949. The zero-order chi connectivity index (χ0) is 23.4. The van der Waals surface area contributed by atoms with Crippen LogP contribution in [0, 0.1) is 0 Å². The summed E-state index contributed by atoms with van der Waals surface area (Å²) in [7, 11) is -3.47. The fourth-order valence-electron chi connectivity index (χ4n) is 4.35. The van der Waals surface area contributed by atoms with E-state index in [0.717, 1.165) is 17.8 Å². The molecule has 2 aliphatic rings. The maximum atomic E-state index is 13.1. The molecule has 2 aromatic carbocycles. The number of nitrogens with one attached hydrogen (secondary N) is 1. The molecule has 2 aromatic rings. The first kappa shape index (κ1) is 23.8. The van der Waals surface area contributed by atoms with E-state index in [9.17, 15) is 13.2 Å². The monoisotopic (exact) mass is 472 g/mol. The van der Waals surface area contributed by atoms with Crippen molar-refractivity contribution in [2.45, 2.75) is 32.6 Å². The topological polar surface area (TPSA) is 82.2 Å². The van der Waals surface area contributed by atoms with Crippen LogP contribution in [0.15, 0.2) is 54.6 Å². The van der Waals surface area contributed by atoms with Gasteiger partial charge in [0.2, 0.25) is 0 Å². The summed E-state index contributed by atoms with van der Waals surface area (Å²) < 4.78 is 35.0. The smallest absolute Gasteiger partial charge is 0.282 e. The van der Waals surface area contributed by atoms with E-state index < -0.39 is 10.2 Å². The highest BCUT2D eigenvalue weighted by molar-refractivity contribution is 7.86. The van der Waals surface area contributed by atoms with E-state index in [1.54, 1.807) is 8.61 Å². The van der Waals surface area contributed by atoms with Crippen LogP contribution in [-0.4, -0.2) is 79.3 Å². The zero-order valence-electron chi connectivity index (χ0n) is 19.2. The number of anilines is 1. The van der Waals surface area contributed by atoms with Crippen LogP contribution in [-0.2, 0) is 21.5 Å². The number of para-hydroxylation sites is 1. The summed E-state index contributed by atoms with van der Waals surface area (Å²) in [4.78, 5) is 14.7.